The van der Waals surface area contributed by atoms with E-state index in [0.717, 1.165) is 39.6 Å². The summed E-state index contributed by atoms with van der Waals surface area (Å²) >= 11 is 9.40. The quantitative estimate of drug-likeness (QED) is 0.402. The van der Waals surface area contributed by atoms with E-state index < -0.39 is 0 Å². The van der Waals surface area contributed by atoms with Crippen molar-refractivity contribution >= 4 is 44.9 Å². The number of halogens is 1. The van der Waals surface area contributed by atoms with Gasteiger partial charge in [0.25, 0.3) is 5.22 Å². The Morgan fingerprint density at radius 1 is 1.22 bits per heavy atom. The van der Waals surface area contributed by atoms with Crippen molar-refractivity contribution in [3.63, 3.8) is 0 Å². The smallest absolute Gasteiger partial charge is 0.283 e. The Morgan fingerprint density at radius 2 is 2.11 bits per heavy atom. The Bertz CT molecular complexity index is 1140. The molecule has 3 heterocycles. The van der Waals surface area contributed by atoms with Gasteiger partial charge in [0.1, 0.15) is 16.2 Å². The van der Waals surface area contributed by atoms with E-state index in [1.165, 1.54) is 28.6 Å². The number of aromatic nitrogens is 4. The molecule has 0 saturated heterocycles. The van der Waals surface area contributed by atoms with Gasteiger partial charge in [-0.2, -0.15) is 0 Å². The summed E-state index contributed by atoms with van der Waals surface area (Å²) in [6, 6.07) is 7.44. The van der Waals surface area contributed by atoms with Crippen molar-refractivity contribution in [2.24, 2.45) is 5.92 Å². The lowest BCUT2D eigenvalue weighted by Gasteiger charge is -2.17. The molecule has 4 aromatic rings. The number of thiophene rings is 1. The van der Waals surface area contributed by atoms with Crippen LogP contribution in [-0.2, 0) is 12.8 Å². The van der Waals surface area contributed by atoms with Crippen LogP contribution in [0.25, 0.3) is 21.7 Å². The van der Waals surface area contributed by atoms with Crippen LogP contribution in [0.15, 0.2) is 45.3 Å². The summed E-state index contributed by atoms with van der Waals surface area (Å²) in [5, 5.41) is 11.4. The van der Waals surface area contributed by atoms with Gasteiger partial charge in [0.05, 0.1) is 10.6 Å². The average molecular weight is 415 g/mol. The normalized spacial score (nSPS) is 16.6. The third kappa shape index (κ3) is 3.13. The van der Waals surface area contributed by atoms with Crippen molar-refractivity contribution in [2.45, 2.75) is 36.4 Å². The predicted molar refractivity (Wildman–Crippen MR) is 107 cm³/mol. The van der Waals surface area contributed by atoms with Crippen molar-refractivity contribution in [1.29, 1.82) is 0 Å². The first-order valence-electron chi connectivity index (χ1n) is 8.70. The Kier molecular flexibility index (Phi) is 4.38. The lowest BCUT2D eigenvalue weighted by Crippen LogP contribution is -2.08. The standard InChI is InChI=1S/C19H15ClN4OS2/c1-10-6-7-12-14(8-10)26-17-15(12)18(22-9-21-17)27-19-24-23-16(25-19)11-4-2-3-5-13(11)20/h2-5,9-10H,6-8H2,1H3/t10-/m0/s1. The molecule has 3 aromatic heterocycles. The number of fused-ring (bicyclic) bond motifs is 3. The van der Waals surface area contributed by atoms with Crippen molar-refractivity contribution in [2.75, 3.05) is 0 Å². The van der Waals surface area contributed by atoms with Crippen LogP contribution >= 0.6 is 34.7 Å². The Balaban J connectivity index is 1.52. The third-order valence-corrected chi connectivity index (χ3v) is 7.09. The second kappa shape index (κ2) is 6.89. The summed E-state index contributed by atoms with van der Waals surface area (Å²) in [5.41, 5.74) is 2.12. The number of rotatable bonds is 3. The third-order valence-electron chi connectivity index (χ3n) is 4.75. The summed E-state index contributed by atoms with van der Waals surface area (Å²) in [6.07, 6.45) is 5.01. The van der Waals surface area contributed by atoms with Crippen LogP contribution in [0.2, 0.25) is 5.02 Å². The van der Waals surface area contributed by atoms with Crippen molar-refractivity contribution in [3.05, 3.63) is 46.1 Å². The van der Waals surface area contributed by atoms with Gasteiger partial charge in [-0.3, -0.25) is 0 Å². The average Bonchev–Trinajstić information content (AvgIpc) is 3.26. The fourth-order valence-electron chi connectivity index (χ4n) is 3.40. The van der Waals surface area contributed by atoms with E-state index >= 15 is 0 Å². The zero-order valence-corrected chi connectivity index (χ0v) is 16.9. The van der Waals surface area contributed by atoms with Crippen LogP contribution in [0, 0.1) is 5.92 Å². The maximum Gasteiger partial charge on any atom is 0.283 e. The van der Waals surface area contributed by atoms with Gasteiger partial charge in [-0.05, 0) is 54.6 Å². The highest BCUT2D eigenvalue weighted by atomic mass is 35.5. The monoisotopic (exact) mass is 414 g/mol. The molecule has 27 heavy (non-hydrogen) atoms. The molecule has 0 saturated carbocycles. The largest absolute Gasteiger partial charge is 0.411 e. The van der Waals surface area contributed by atoms with Gasteiger partial charge in [-0.25, -0.2) is 9.97 Å². The van der Waals surface area contributed by atoms with Crippen LogP contribution in [0.4, 0.5) is 0 Å². The molecule has 1 aromatic carbocycles. The fourth-order valence-corrected chi connectivity index (χ4v) is 5.82. The molecule has 8 heteroatoms. The van der Waals surface area contributed by atoms with Gasteiger partial charge in [-0.1, -0.05) is 30.7 Å². The topological polar surface area (TPSA) is 64.7 Å². The molecule has 136 valence electrons. The maximum atomic E-state index is 6.23. The summed E-state index contributed by atoms with van der Waals surface area (Å²) in [6.45, 7) is 2.31. The van der Waals surface area contributed by atoms with E-state index in [0.29, 0.717) is 16.1 Å². The lowest BCUT2D eigenvalue weighted by molar-refractivity contribution is 0.465. The van der Waals surface area contributed by atoms with Crippen molar-refractivity contribution in [3.8, 4) is 11.5 Å². The summed E-state index contributed by atoms with van der Waals surface area (Å²) in [4.78, 5) is 11.5. The Labute approximate surface area is 169 Å². The predicted octanol–water partition coefficient (Wildman–Crippen LogP) is 5.67. The maximum absolute atomic E-state index is 6.23. The molecule has 0 fully saturated rings. The molecule has 0 N–H and O–H groups in total. The number of aryl methyl sites for hydroxylation is 1. The minimum atomic E-state index is 0.412. The Morgan fingerprint density at radius 3 is 3.00 bits per heavy atom. The summed E-state index contributed by atoms with van der Waals surface area (Å²) < 4.78 is 5.84. The van der Waals surface area contributed by atoms with Gasteiger partial charge in [0.2, 0.25) is 5.89 Å². The SMILES string of the molecule is C[C@H]1CCc2c(sc3ncnc(Sc4nnc(-c5ccccc5Cl)o4)c23)C1. The van der Waals surface area contributed by atoms with Gasteiger partial charge in [0, 0.05) is 10.3 Å². The van der Waals surface area contributed by atoms with Crippen LogP contribution in [0.5, 0.6) is 0 Å². The molecular weight excluding hydrogens is 400 g/mol. The van der Waals surface area contributed by atoms with E-state index in [9.17, 15) is 0 Å². The first-order chi connectivity index (χ1) is 13.2. The lowest BCUT2D eigenvalue weighted by atomic mass is 9.89. The minimum Gasteiger partial charge on any atom is -0.411 e. The highest BCUT2D eigenvalue weighted by Gasteiger charge is 2.24. The second-order valence-corrected chi connectivity index (χ2v) is 9.10. The first-order valence-corrected chi connectivity index (χ1v) is 10.7. The zero-order chi connectivity index (χ0) is 18.4. The molecule has 0 unspecified atom stereocenters. The van der Waals surface area contributed by atoms with E-state index in [1.807, 2.05) is 18.2 Å². The number of nitrogens with zero attached hydrogens (tertiary/aromatic N) is 4. The van der Waals surface area contributed by atoms with Gasteiger partial charge >= 0.3 is 0 Å². The molecule has 0 radical (unpaired) electrons. The van der Waals surface area contributed by atoms with Gasteiger partial charge < -0.3 is 4.42 Å². The van der Waals surface area contributed by atoms with Gasteiger partial charge in [0.15, 0.2) is 0 Å². The molecule has 0 amide bonds. The molecule has 0 aliphatic heterocycles. The van der Waals surface area contributed by atoms with Crippen LogP contribution in [0.3, 0.4) is 0 Å². The van der Waals surface area contributed by atoms with E-state index in [4.69, 9.17) is 16.0 Å². The molecule has 0 spiro atoms. The van der Waals surface area contributed by atoms with E-state index in [-0.39, 0.29) is 0 Å². The summed E-state index contributed by atoms with van der Waals surface area (Å²) in [5.74, 6) is 1.14. The minimum absolute atomic E-state index is 0.412. The molecule has 1 aliphatic rings. The van der Waals surface area contributed by atoms with Crippen LogP contribution in [0.1, 0.15) is 23.8 Å². The first kappa shape index (κ1) is 17.2. The zero-order valence-electron chi connectivity index (χ0n) is 14.5. The van der Waals surface area contributed by atoms with Gasteiger partial charge in [-0.15, -0.1) is 21.5 Å². The number of hydrogen-bond acceptors (Lipinski definition) is 7. The molecule has 5 rings (SSSR count). The van der Waals surface area contributed by atoms with Crippen molar-refractivity contribution in [1.82, 2.24) is 20.2 Å². The van der Waals surface area contributed by atoms with E-state index in [1.54, 1.807) is 23.7 Å². The summed E-state index contributed by atoms with van der Waals surface area (Å²) in [7, 11) is 0. The highest BCUT2D eigenvalue weighted by Crippen LogP contribution is 2.42. The molecule has 0 bridgehead atoms. The molecule has 1 atom stereocenters. The molecular formula is C19H15ClN4OS2. The Hall–Kier alpha value is -1.96. The number of benzene rings is 1. The molecule has 1 aliphatic carbocycles. The highest BCUT2D eigenvalue weighted by molar-refractivity contribution is 7.99. The molecule has 5 nitrogen and oxygen atoms in total. The van der Waals surface area contributed by atoms with Crippen LogP contribution < -0.4 is 0 Å². The van der Waals surface area contributed by atoms with Crippen LogP contribution in [-0.4, -0.2) is 20.2 Å². The fraction of sp³-hybridized carbons (Fsp3) is 0.263. The van der Waals surface area contributed by atoms with E-state index in [2.05, 4.69) is 27.1 Å². The second-order valence-electron chi connectivity index (χ2n) is 6.67. The van der Waals surface area contributed by atoms with Crippen molar-refractivity contribution < 1.29 is 4.42 Å². The number of hydrogen-bond donors (Lipinski definition) is 0.